The number of cyclic esters (lactones) is 1. The van der Waals surface area contributed by atoms with Gasteiger partial charge in [0.05, 0.1) is 5.02 Å². The number of carbonyl (C=O) groups excluding carboxylic acids is 1. The van der Waals surface area contributed by atoms with E-state index in [1.165, 1.54) is 11.3 Å². The van der Waals surface area contributed by atoms with Crippen LogP contribution in [-0.2, 0) is 9.53 Å². The molecule has 2 heterocycles. The molecule has 0 spiro atoms. The van der Waals surface area contributed by atoms with E-state index < -0.39 is 5.97 Å². The van der Waals surface area contributed by atoms with Crippen LogP contribution in [0.3, 0.4) is 0 Å². The molecule has 0 fully saturated rings. The molecule has 3 nitrogen and oxygen atoms in total. The summed E-state index contributed by atoms with van der Waals surface area (Å²) < 4.78 is 6.21. The van der Waals surface area contributed by atoms with Gasteiger partial charge >= 0.3 is 5.97 Å². The van der Waals surface area contributed by atoms with E-state index in [0.717, 1.165) is 15.6 Å². The highest BCUT2D eigenvalue weighted by Gasteiger charge is 2.28. The first kappa shape index (κ1) is 16.6. The molecule has 1 aromatic heterocycles. The number of aliphatic imine (C=N–C) groups is 1. The average molecular weight is 409 g/mol. The number of ether oxygens (including phenoxy) is 1. The van der Waals surface area contributed by atoms with Gasteiger partial charge in [0.15, 0.2) is 5.70 Å². The second kappa shape index (κ2) is 6.46. The summed E-state index contributed by atoms with van der Waals surface area (Å²) in [6.07, 6.45) is 1.64. The first-order chi connectivity index (χ1) is 12.0. The molecule has 0 atom stereocenters. The number of thiophene rings is 1. The Kier molecular flexibility index (Phi) is 4.29. The lowest BCUT2D eigenvalue weighted by atomic mass is 10.2. The summed E-state index contributed by atoms with van der Waals surface area (Å²) in [5.41, 5.74) is 1.01. The van der Waals surface area contributed by atoms with Crippen LogP contribution in [0, 0.1) is 0 Å². The maximum atomic E-state index is 12.1. The molecular weight excluding hydrogens is 401 g/mol. The van der Waals surface area contributed by atoms with E-state index in [2.05, 4.69) is 4.99 Å². The lowest BCUT2D eigenvalue weighted by Crippen LogP contribution is -2.04. The third kappa shape index (κ3) is 3.18. The molecule has 0 radical (unpaired) electrons. The van der Waals surface area contributed by atoms with Gasteiger partial charge in [-0.3, -0.25) is 0 Å². The zero-order chi connectivity index (χ0) is 17.6. The topological polar surface area (TPSA) is 38.7 Å². The van der Waals surface area contributed by atoms with Crippen LogP contribution in [0.25, 0.3) is 16.2 Å². The lowest BCUT2D eigenvalue weighted by Gasteiger charge is -1.95. The van der Waals surface area contributed by atoms with Crippen LogP contribution >= 0.6 is 46.1 Å². The highest BCUT2D eigenvalue weighted by molar-refractivity contribution is 7.21. The maximum absolute atomic E-state index is 12.1. The third-order valence-electron chi connectivity index (χ3n) is 3.58. The van der Waals surface area contributed by atoms with Crippen LogP contribution < -0.4 is 0 Å². The number of hydrogen-bond donors (Lipinski definition) is 0. The molecule has 0 saturated carbocycles. The summed E-state index contributed by atoms with van der Waals surface area (Å²) in [6, 6.07) is 12.5. The summed E-state index contributed by atoms with van der Waals surface area (Å²) in [5, 5.41) is 2.58. The van der Waals surface area contributed by atoms with Gasteiger partial charge in [0, 0.05) is 20.1 Å². The van der Waals surface area contributed by atoms with Gasteiger partial charge in [-0.2, -0.15) is 0 Å². The van der Waals surface area contributed by atoms with E-state index in [1.807, 2.05) is 12.1 Å². The third-order valence-corrected chi connectivity index (χ3v) is 5.71. The molecule has 7 heteroatoms. The maximum Gasteiger partial charge on any atom is 0.363 e. The van der Waals surface area contributed by atoms with Crippen molar-refractivity contribution in [3.05, 3.63) is 73.7 Å². The van der Waals surface area contributed by atoms with Crippen molar-refractivity contribution < 1.29 is 9.53 Å². The quantitative estimate of drug-likeness (QED) is 0.374. The molecule has 2 aromatic carbocycles. The van der Waals surface area contributed by atoms with Crippen LogP contribution in [0.2, 0.25) is 15.1 Å². The number of rotatable bonds is 2. The van der Waals surface area contributed by atoms with Crippen molar-refractivity contribution in [1.82, 2.24) is 0 Å². The fraction of sp³-hybridized carbons (Fsp3) is 0. The smallest absolute Gasteiger partial charge is 0.363 e. The summed E-state index contributed by atoms with van der Waals surface area (Å²) in [6.45, 7) is 0. The van der Waals surface area contributed by atoms with E-state index in [4.69, 9.17) is 39.5 Å². The zero-order valence-corrected chi connectivity index (χ0v) is 15.5. The van der Waals surface area contributed by atoms with Crippen molar-refractivity contribution in [2.45, 2.75) is 0 Å². The van der Waals surface area contributed by atoms with Gasteiger partial charge in [-0.1, -0.05) is 53.0 Å². The van der Waals surface area contributed by atoms with Crippen LogP contribution in [-0.4, -0.2) is 11.9 Å². The van der Waals surface area contributed by atoms with Crippen molar-refractivity contribution in [3.63, 3.8) is 0 Å². The fourth-order valence-corrected chi connectivity index (χ4v) is 4.24. The van der Waals surface area contributed by atoms with Crippen molar-refractivity contribution in [1.29, 1.82) is 0 Å². The average Bonchev–Trinajstić information content (AvgIpc) is 3.10. The Morgan fingerprint density at radius 3 is 2.48 bits per heavy atom. The van der Waals surface area contributed by atoms with E-state index in [1.54, 1.807) is 36.4 Å². The Labute approximate surface area is 162 Å². The van der Waals surface area contributed by atoms with Crippen molar-refractivity contribution >= 4 is 74.2 Å². The Morgan fingerprint density at radius 2 is 1.72 bits per heavy atom. The monoisotopic (exact) mass is 407 g/mol. The first-order valence-electron chi connectivity index (χ1n) is 7.17. The first-order valence-corrected chi connectivity index (χ1v) is 9.12. The summed E-state index contributed by atoms with van der Waals surface area (Å²) >= 11 is 19.7. The Balaban J connectivity index is 1.75. The molecule has 3 aromatic rings. The van der Waals surface area contributed by atoms with Gasteiger partial charge in [-0.05, 0) is 35.9 Å². The molecule has 1 aliphatic rings. The minimum absolute atomic E-state index is 0.201. The number of halogens is 3. The van der Waals surface area contributed by atoms with Gasteiger partial charge in [0.1, 0.15) is 4.88 Å². The normalized spacial score (nSPS) is 15.7. The van der Waals surface area contributed by atoms with E-state index in [0.29, 0.717) is 19.9 Å². The molecule has 0 aliphatic carbocycles. The van der Waals surface area contributed by atoms with Gasteiger partial charge in [0.2, 0.25) is 5.90 Å². The molecule has 1 aliphatic heterocycles. The highest BCUT2D eigenvalue weighted by Crippen LogP contribution is 2.38. The molecule has 0 amide bonds. The highest BCUT2D eigenvalue weighted by atomic mass is 35.5. The molecule has 4 rings (SSSR count). The van der Waals surface area contributed by atoms with Gasteiger partial charge < -0.3 is 4.74 Å². The van der Waals surface area contributed by atoms with Gasteiger partial charge in [-0.15, -0.1) is 11.3 Å². The largest absolute Gasteiger partial charge is 0.401 e. The molecule has 0 bridgehead atoms. The van der Waals surface area contributed by atoms with E-state index >= 15 is 0 Å². The number of hydrogen-bond acceptors (Lipinski definition) is 4. The Morgan fingerprint density at radius 1 is 1.00 bits per heavy atom. The molecule has 0 unspecified atom stereocenters. The van der Waals surface area contributed by atoms with Crippen LogP contribution in [0.1, 0.15) is 10.4 Å². The Hall–Kier alpha value is -1.85. The second-order valence-electron chi connectivity index (χ2n) is 5.27. The summed E-state index contributed by atoms with van der Waals surface area (Å²) in [7, 11) is 0. The van der Waals surface area contributed by atoms with Crippen LogP contribution in [0.5, 0.6) is 0 Å². The van der Waals surface area contributed by atoms with E-state index in [9.17, 15) is 4.79 Å². The number of nitrogens with zero attached hydrogens (tertiary/aromatic N) is 1. The van der Waals surface area contributed by atoms with Gasteiger partial charge in [0.25, 0.3) is 0 Å². The standard InChI is InChI=1S/C18H8Cl3NO2S/c19-10-3-1-9(2-4-10)7-13-18(23)24-17(22-13)16-15(21)12-6-5-11(20)8-14(12)25-16/h1-8H/b13-7+. The summed E-state index contributed by atoms with van der Waals surface area (Å²) in [5.74, 6) is -0.316. The van der Waals surface area contributed by atoms with Crippen molar-refractivity contribution in [2.24, 2.45) is 4.99 Å². The number of esters is 1. The number of carbonyl (C=O) groups is 1. The van der Waals surface area contributed by atoms with E-state index in [-0.39, 0.29) is 11.6 Å². The van der Waals surface area contributed by atoms with Crippen molar-refractivity contribution in [2.75, 3.05) is 0 Å². The number of fused-ring (bicyclic) bond motifs is 1. The van der Waals surface area contributed by atoms with Crippen LogP contribution in [0.4, 0.5) is 0 Å². The predicted octanol–water partition coefficient (Wildman–Crippen LogP) is 6.21. The minimum atomic E-state index is -0.517. The molecule has 25 heavy (non-hydrogen) atoms. The van der Waals surface area contributed by atoms with Crippen molar-refractivity contribution in [3.8, 4) is 0 Å². The minimum Gasteiger partial charge on any atom is -0.401 e. The molecule has 0 saturated heterocycles. The lowest BCUT2D eigenvalue weighted by molar-refractivity contribution is -0.129. The SMILES string of the molecule is O=C1OC(c2sc3cc(Cl)ccc3c2Cl)=N/C1=C/c1ccc(Cl)cc1. The zero-order valence-electron chi connectivity index (χ0n) is 12.4. The number of benzene rings is 2. The molecule has 0 N–H and O–H groups in total. The van der Waals surface area contributed by atoms with Crippen LogP contribution in [0.15, 0.2) is 53.2 Å². The predicted molar refractivity (Wildman–Crippen MR) is 104 cm³/mol. The Bertz CT molecular complexity index is 1070. The molecular formula is C18H8Cl3NO2S. The molecule has 124 valence electrons. The second-order valence-corrected chi connectivity index (χ2v) is 7.58. The van der Waals surface area contributed by atoms with Gasteiger partial charge in [-0.25, -0.2) is 9.79 Å². The summed E-state index contributed by atoms with van der Waals surface area (Å²) in [4.78, 5) is 17.0. The fourth-order valence-electron chi connectivity index (χ4n) is 2.40.